The van der Waals surface area contributed by atoms with Crippen LogP contribution in [0.4, 0.5) is 13.2 Å². The first kappa shape index (κ1) is 10.9. The lowest BCUT2D eigenvalue weighted by Crippen LogP contribution is -2.09. The summed E-state index contributed by atoms with van der Waals surface area (Å²) in [5.41, 5.74) is 5.80. The predicted molar refractivity (Wildman–Crippen MR) is 51.4 cm³/mol. The Hall–Kier alpha value is -0.620. The summed E-state index contributed by atoms with van der Waals surface area (Å²) < 4.78 is 36.7. The van der Waals surface area contributed by atoms with Gasteiger partial charge in [-0.1, -0.05) is 12.8 Å². The molecule has 1 unspecified atom stereocenters. The Kier molecular flexibility index (Phi) is 2.72. The fourth-order valence-corrected chi connectivity index (χ4v) is 2.22. The number of nitrogens with two attached hydrogens (primary N) is 1. The molecule has 2 rings (SSSR count). The number of halogens is 3. The average molecular weight is 236 g/mol. The van der Waals surface area contributed by atoms with Gasteiger partial charge in [-0.2, -0.15) is 13.2 Å². The van der Waals surface area contributed by atoms with E-state index in [-0.39, 0.29) is 6.04 Å². The first-order valence-electron chi connectivity index (χ1n) is 4.75. The molecular weight excluding hydrogens is 225 g/mol. The highest BCUT2D eigenvalue weighted by Gasteiger charge is 2.35. The molecule has 0 spiro atoms. The van der Waals surface area contributed by atoms with Crippen molar-refractivity contribution in [1.29, 1.82) is 0 Å². The van der Waals surface area contributed by atoms with Gasteiger partial charge in [-0.3, -0.25) is 0 Å². The van der Waals surface area contributed by atoms with Crippen molar-refractivity contribution in [3.05, 3.63) is 16.1 Å². The van der Waals surface area contributed by atoms with Crippen LogP contribution in [0.2, 0.25) is 0 Å². The van der Waals surface area contributed by atoms with Crippen molar-refractivity contribution in [3.8, 4) is 0 Å². The summed E-state index contributed by atoms with van der Waals surface area (Å²) in [6.45, 7) is 0. The lowest BCUT2D eigenvalue weighted by Gasteiger charge is -2.06. The molecule has 1 atom stereocenters. The lowest BCUT2D eigenvalue weighted by atomic mass is 10.1. The number of aromatic nitrogens is 1. The van der Waals surface area contributed by atoms with E-state index >= 15 is 0 Å². The van der Waals surface area contributed by atoms with Crippen molar-refractivity contribution in [2.75, 3.05) is 0 Å². The number of thiazole rings is 1. The summed E-state index contributed by atoms with van der Waals surface area (Å²) in [7, 11) is 0. The van der Waals surface area contributed by atoms with Crippen LogP contribution in [0.3, 0.4) is 0 Å². The Morgan fingerprint density at radius 3 is 2.67 bits per heavy atom. The maximum atomic E-state index is 12.2. The molecule has 1 fully saturated rings. The van der Waals surface area contributed by atoms with Gasteiger partial charge in [-0.15, -0.1) is 11.3 Å². The second-order valence-corrected chi connectivity index (χ2v) is 4.91. The third-order valence-corrected chi connectivity index (χ3v) is 3.59. The molecule has 1 heterocycles. The molecular formula is C9H11F3N2S. The third-order valence-electron chi connectivity index (χ3n) is 2.42. The van der Waals surface area contributed by atoms with E-state index in [4.69, 9.17) is 5.73 Å². The molecule has 1 aromatic rings. The second kappa shape index (κ2) is 3.75. The average Bonchev–Trinajstić information content (AvgIpc) is 2.80. The molecule has 0 aromatic carbocycles. The third kappa shape index (κ3) is 2.69. The Labute approximate surface area is 89.3 Å². The zero-order valence-corrected chi connectivity index (χ0v) is 8.74. The van der Waals surface area contributed by atoms with Gasteiger partial charge in [0.25, 0.3) is 0 Å². The topological polar surface area (TPSA) is 38.9 Å². The lowest BCUT2D eigenvalue weighted by molar-refractivity contribution is -0.137. The van der Waals surface area contributed by atoms with Crippen molar-refractivity contribution in [2.45, 2.75) is 31.5 Å². The van der Waals surface area contributed by atoms with Crippen LogP contribution in [-0.2, 0) is 6.18 Å². The molecule has 1 aliphatic carbocycles. The van der Waals surface area contributed by atoms with Gasteiger partial charge in [0.05, 0.1) is 0 Å². The quantitative estimate of drug-likeness (QED) is 0.876. The summed E-state index contributed by atoms with van der Waals surface area (Å²) in [5.74, 6) is 0.608. The molecule has 1 aromatic heterocycles. The van der Waals surface area contributed by atoms with Crippen LogP contribution >= 0.6 is 11.3 Å². The first-order chi connectivity index (χ1) is 6.97. The highest BCUT2D eigenvalue weighted by molar-refractivity contribution is 7.11. The van der Waals surface area contributed by atoms with E-state index in [2.05, 4.69) is 4.98 Å². The van der Waals surface area contributed by atoms with E-state index < -0.39 is 11.2 Å². The minimum atomic E-state index is -4.35. The van der Waals surface area contributed by atoms with E-state index in [1.165, 1.54) is 6.20 Å². The molecule has 6 heteroatoms. The Balaban J connectivity index is 2.05. The van der Waals surface area contributed by atoms with Crippen LogP contribution in [0, 0.1) is 5.92 Å². The molecule has 15 heavy (non-hydrogen) atoms. The van der Waals surface area contributed by atoms with Crippen molar-refractivity contribution in [1.82, 2.24) is 4.98 Å². The highest BCUT2D eigenvalue weighted by atomic mass is 32.1. The molecule has 0 amide bonds. The van der Waals surface area contributed by atoms with Gasteiger partial charge in [0.15, 0.2) is 5.01 Å². The van der Waals surface area contributed by atoms with Gasteiger partial charge in [0.2, 0.25) is 0 Å². The molecule has 2 nitrogen and oxygen atoms in total. The monoisotopic (exact) mass is 236 g/mol. The van der Waals surface area contributed by atoms with Crippen LogP contribution in [0.5, 0.6) is 0 Å². The molecule has 1 saturated carbocycles. The van der Waals surface area contributed by atoms with E-state index in [0.29, 0.717) is 22.1 Å². The molecule has 84 valence electrons. The fraction of sp³-hybridized carbons (Fsp3) is 0.667. The molecule has 0 aliphatic heterocycles. The number of hydrogen-bond acceptors (Lipinski definition) is 3. The van der Waals surface area contributed by atoms with E-state index in [9.17, 15) is 13.2 Å². The smallest absolute Gasteiger partial charge is 0.323 e. The Morgan fingerprint density at radius 1 is 1.53 bits per heavy atom. The summed E-state index contributed by atoms with van der Waals surface area (Å²) in [6, 6.07) is -0.286. The number of nitrogens with zero attached hydrogens (tertiary/aromatic N) is 1. The number of rotatable bonds is 3. The zero-order valence-electron chi connectivity index (χ0n) is 7.92. The number of alkyl halides is 3. The molecule has 0 radical (unpaired) electrons. The van der Waals surface area contributed by atoms with Gasteiger partial charge < -0.3 is 5.73 Å². The summed E-state index contributed by atoms with van der Waals surface area (Å²) in [6.07, 6.45) is -0.0144. The molecule has 0 bridgehead atoms. The maximum Gasteiger partial charge on any atom is 0.443 e. The molecule has 0 saturated heterocycles. The first-order valence-corrected chi connectivity index (χ1v) is 5.57. The van der Waals surface area contributed by atoms with Crippen LogP contribution in [0.15, 0.2) is 6.20 Å². The highest BCUT2D eigenvalue weighted by Crippen LogP contribution is 2.39. The van der Waals surface area contributed by atoms with Gasteiger partial charge in [-0.25, -0.2) is 4.98 Å². The SMILES string of the molecule is NC(CC1CC1)c1cnc(C(F)(F)F)s1. The summed E-state index contributed by atoms with van der Waals surface area (Å²) >= 11 is 0.657. The predicted octanol–water partition coefficient (Wildman–Crippen LogP) is 2.96. The van der Waals surface area contributed by atoms with Gasteiger partial charge in [-0.05, 0) is 12.3 Å². The van der Waals surface area contributed by atoms with Crippen LogP contribution in [-0.4, -0.2) is 4.98 Å². The largest absolute Gasteiger partial charge is 0.443 e. The van der Waals surface area contributed by atoms with Crippen LogP contribution in [0.25, 0.3) is 0 Å². The van der Waals surface area contributed by atoms with Crippen molar-refractivity contribution in [2.24, 2.45) is 11.7 Å². The van der Waals surface area contributed by atoms with Crippen LogP contribution in [0.1, 0.15) is 35.2 Å². The fourth-order valence-electron chi connectivity index (χ4n) is 1.42. The zero-order chi connectivity index (χ0) is 11.1. The molecule has 2 N–H and O–H groups in total. The Bertz CT molecular complexity index is 343. The van der Waals surface area contributed by atoms with E-state index in [1.807, 2.05) is 0 Å². The number of hydrogen-bond donors (Lipinski definition) is 1. The second-order valence-electron chi connectivity index (χ2n) is 3.85. The van der Waals surface area contributed by atoms with Gasteiger partial charge in [0, 0.05) is 17.1 Å². The normalized spacial score (nSPS) is 19.2. The van der Waals surface area contributed by atoms with Crippen molar-refractivity contribution in [3.63, 3.8) is 0 Å². The summed E-state index contributed by atoms with van der Waals surface area (Å²) in [4.78, 5) is 3.89. The van der Waals surface area contributed by atoms with Crippen LogP contribution < -0.4 is 5.73 Å². The van der Waals surface area contributed by atoms with E-state index in [1.54, 1.807) is 0 Å². The Morgan fingerprint density at radius 2 is 2.20 bits per heavy atom. The van der Waals surface area contributed by atoms with Gasteiger partial charge >= 0.3 is 6.18 Å². The van der Waals surface area contributed by atoms with Gasteiger partial charge in [0.1, 0.15) is 0 Å². The minimum Gasteiger partial charge on any atom is -0.323 e. The van der Waals surface area contributed by atoms with Crippen molar-refractivity contribution < 1.29 is 13.2 Å². The molecule has 1 aliphatic rings. The summed E-state index contributed by atoms with van der Waals surface area (Å²) in [5, 5.41) is -0.802. The standard InChI is InChI=1S/C9H11F3N2S/c10-9(11,12)8-14-4-7(15-8)6(13)3-5-1-2-5/h4-6H,1-3,13H2. The minimum absolute atomic E-state index is 0.286. The van der Waals surface area contributed by atoms with E-state index in [0.717, 1.165) is 19.3 Å². The maximum absolute atomic E-state index is 12.2. The van der Waals surface area contributed by atoms with Crippen molar-refractivity contribution >= 4 is 11.3 Å².